The predicted octanol–water partition coefficient (Wildman–Crippen LogP) is 3.75. The topological polar surface area (TPSA) is 24.5 Å². The van der Waals surface area contributed by atoms with Crippen LogP contribution in [0.5, 0.6) is 0 Å². The molecule has 0 saturated carbocycles. The lowest BCUT2D eigenvalue weighted by molar-refractivity contribution is 0.00136. The minimum Gasteiger partial charge on any atom is -0.374 e. The first-order valence-electron chi connectivity index (χ1n) is 8.22. The summed E-state index contributed by atoms with van der Waals surface area (Å²) in [5.74, 6) is 0. The summed E-state index contributed by atoms with van der Waals surface area (Å²) < 4.78 is 5.90. The molecule has 1 unspecified atom stereocenters. The van der Waals surface area contributed by atoms with E-state index in [2.05, 4.69) is 62.2 Å². The minimum absolute atomic E-state index is 0.0579. The van der Waals surface area contributed by atoms with Crippen molar-refractivity contribution in [2.45, 2.75) is 52.2 Å². The normalized spacial score (nSPS) is 19.2. The first-order chi connectivity index (χ1) is 10.0. The minimum atomic E-state index is -0.0579. The van der Waals surface area contributed by atoms with Crippen molar-refractivity contribution >= 4 is 5.69 Å². The molecule has 0 aromatic heterocycles. The van der Waals surface area contributed by atoms with Crippen LogP contribution in [-0.4, -0.2) is 31.8 Å². The van der Waals surface area contributed by atoms with E-state index in [9.17, 15) is 0 Å². The van der Waals surface area contributed by atoms with E-state index < -0.39 is 0 Å². The second-order valence-corrected chi connectivity index (χ2v) is 6.76. The Morgan fingerprint density at radius 1 is 1.29 bits per heavy atom. The highest BCUT2D eigenvalue weighted by Crippen LogP contribution is 2.32. The fourth-order valence-electron chi connectivity index (χ4n) is 2.99. The molecule has 0 bridgehead atoms. The SMILES string of the molecule is CCNC1CCCN(CCOC(C)(C)C)c2ccccc21. The van der Waals surface area contributed by atoms with E-state index in [0.29, 0.717) is 6.04 Å². The zero-order chi connectivity index (χ0) is 15.3. The van der Waals surface area contributed by atoms with Crippen LogP contribution in [0.2, 0.25) is 0 Å². The summed E-state index contributed by atoms with van der Waals surface area (Å²) in [6.45, 7) is 12.4. The Hall–Kier alpha value is -1.06. The second kappa shape index (κ2) is 7.28. The Kier molecular flexibility index (Phi) is 5.65. The lowest BCUT2D eigenvalue weighted by Crippen LogP contribution is -2.31. The molecule has 1 heterocycles. The molecule has 3 nitrogen and oxygen atoms in total. The van der Waals surface area contributed by atoms with Crippen LogP contribution < -0.4 is 10.2 Å². The van der Waals surface area contributed by atoms with Gasteiger partial charge in [-0.15, -0.1) is 0 Å². The second-order valence-electron chi connectivity index (χ2n) is 6.76. The van der Waals surface area contributed by atoms with Crippen molar-refractivity contribution in [3.63, 3.8) is 0 Å². The van der Waals surface area contributed by atoms with Crippen molar-refractivity contribution in [1.29, 1.82) is 0 Å². The molecule has 0 spiro atoms. The van der Waals surface area contributed by atoms with Crippen LogP contribution in [0.3, 0.4) is 0 Å². The van der Waals surface area contributed by atoms with Crippen LogP contribution in [0, 0.1) is 0 Å². The number of hydrogen-bond acceptors (Lipinski definition) is 3. The molecule has 0 amide bonds. The Morgan fingerprint density at radius 3 is 2.76 bits per heavy atom. The Balaban J connectivity index is 2.09. The van der Waals surface area contributed by atoms with E-state index in [0.717, 1.165) is 26.2 Å². The van der Waals surface area contributed by atoms with E-state index in [4.69, 9.17) is 4.74 Å². The highest BCUT2D eigenvalue weighted by Gasteiger charge is 2.22. The average molecular weight is 290 g/mol. The molecule has 0 saturated heterocycles. The summed E-state index contributed by atoms with van der Waals surface area (Å²) in [5.41, 5.74) is 2.75. The first kappa shape index (κ1) is 16.3. The largest absolute Gasteiger partial charge is 0.374 e. The maximum absolute atomic E-state index is 5.90. The summed E-state index contributed by atoms with van der Waals surface area (Å²) in [6, 6.07) is 9.30. The third-order valence-electron chi connectivity index (χ3n) is 3.92. The van der Waals surface area contributed by atoms with Crippen molar-refractivity contribution in [1.82, 2.24) is 5.32 Å². The van der Waals surface area contributed by atoms with Crippen LogP contribution in [0.15, 0.2) is 24.3 Å². The van der Waals surface area contributed by atoms with Gasteiger partial charge in [0.15, 0.2) is 0 Å². The number of nitrogens with one attached hydrogen (secondary N) is 1. The molecule has 1 aromatic carbocycles. The van der Waals surface area contributed by atoms with Crippen molar-refractivity contribution in [3.8, 4) is 0 Å². The standard InChI is InChI=1S/C18H30N2O/c1-5-19-16-10-8-12-20(13-14-21-18(2,3)4)17-11-7-6-9-15(16)17/h6-7,9,11,16,19H,5,8,10,12-14H2,1-4H3. The van der Waals surface area contributed by atoms with Crippen molar-refractivity contribution in [2.75, 3.05) is 31.1 Å². The molecule has 0 fully saturated rings. The lowest BCUT2D eigenvalue weighted by Gasteiger charge is -2.28. The summed E-state index contributed by atoms with van der Waals surface area (Å²) >= 11 is 0. The number of nitrogens with zero attached hydrogens (tertiary/aromatic N) is 1. The number of ether oxygens (including phenoxy) is 1. The van der Waals surface area contributed by atoms with Gasteiger partial charge < -0.3 is 15.0 Å². The number of rotatable bonds is 5. The Labute approximate surface area is 129 Å². The third kappa shape index (κ3) is 4.72. The molecule has 2 rings (SSSR count). The molecular formula is C18H30N2O. The highest BCUT2D eigenvalue weighted by atomic mass is 16.5. The van der Waals surface area contributed by atoms with Gasteiger partial charge in [0.1, 0.15) is 0 Å². The molecule has 1 atom stereocenters. The maximum Gasteiger partial charge on any atom is 0.0648 e. The van der Waals surface area contributed by atoms with Gasteiger partial charge in [-0.1, -0.05) is 25.1 Å². The van der Waals surface area contributed by atoms with Gasteiger partial charge in [0, 0.05) is 24.8 Å². The third-order valence-corrected chi connectivity index (χ3v) is 3.92. The molecule has 1 aliphatic rings. The van der Waals surface area contributed by atoms with Gasteiger partial charge in [-0.3, -0.25) is 0 Å². The fourth-order valence-corrected chi connectivity index (χ4v) is 2.99. The summed E-state index contributed by atoms with van der Waals surface area (Å²) in [6.07, 6.45) is 2.43. The summed E-state index contributed by atoms with van der Waals surface area (Å²) in [5, 5.41) is 3.62. The number of benzene rings is 1. The Morgan fingerprint density at radius 2 is 2.05 bits per heavy atom. The molecule has 1 N–H and O–H groups in total. The quantitative estimate of drug-likeness (QED) is 0.894. The first-order valence-corrected chi connectivity index (χ1v) is 8.22. The van der Waals surface area contributed by atoms with Gasteiger partial charge in [-0.25, -0.2) is 0 Å². The van der Waals surface area contributed by atoms with Crippen LogP contribution in [0.4, 0.5) is 5.69 Å². The van der Waals surface area contributed by atoms with Crippen molar-refractivity contribution in [3.05, 3.63) is 29.8 Å². The summed E-state index contributed by atoms with van der Waals surface area (Å²) in [7, 11) is 0. The number of fused-ring (bicyclic) bond motifs is 1. The fraction of sp³-hybridized carbons (Fsp3) is 0.667. The van der Waals surface area contributed by atoms with E-state index in [1.807, 2.05) is 0 Å². The summed E-state index contributed by atoms with van der Waals surface area (Å²) in [4.78, 5) is 2.48. The lowest BCUT2D eigenvalue weighted by atomic mass is 10.0. The zero-order valence-electron chi connectivity index (χ0n) is 14.0. The van der Waals surface area contributed by atoms with Crippen molar-refractivity contribution < 1.29 is 4.74 Å². The smallest absolute Gasteiger partial charge is 0.0648 e. The van der Waals surface area contributed by atoms with Crippen LogP contribution >= 0.6 is 0 Å². The molecular weight excluding hydrogens is 260 g/mol. The van der Waals surface area contributed by atoms with Gasteiger partial charge in [0.05, 0.1) is 12.2 Å². The van der Waals surface area contributed by atoms with Gasteiger partial charge in [0.2, 0.25) is 0 Å². The van der Waals surface area contributed by atoms with E-state index >= 15 is 0 Å². The van der Waals surface area contributed by atoms with Crippen molar-refractivity contribution in [2.24, 2.45) is 0 Å². The highest BCUT2D eigenvalue weighted by molar-refractivity contribution is 5.55. The van der Waals surface area contributed by atoms with Gasteiger partial charge in [-0.2, -0.15) is 0 Å². The van der Waals surface area contributed by atoms with E-state index in [1.165, 1.54) is 24.1 Å². The van der Waals surface area contributed by atoms with Crippen LogP contribution in [0.1, 0.15) is 52.1 Å². The molecule has 118 valence electrons. The van der Waals surface area contributed by atoms with E-state index in [-0.39, 0.29) is 5.60 Å². The number of anilines is 1. The molecule has 0 aliphatic carbocycles. The average Bonchev–Trinajstić information content (AvgIpc) is 2.59. The monoisotopic (exact) mass is 290 g/mol. The van der Waals surface area contributed by atoms with Gasteiger partial charge in [-0.05, 0) is 51.8 Å². The number of para-hydroxylation sites is 1. The molecule has 1 aliphatic heterocycles. The molecule has 0 radical (unpaired) electrons. The van der Waals surface area contributed by atoms with Crippen LogP contribution in [0.25, 0.3) is 0 Å². The number of hydrogen-bond donors (Lipinski definition) is 1. The molecule has 1 aromatic rings. The van der Waals surface area contributed by atoms with Gasteiger partial charge in [0.25, 0.3) is 0 Å². The molecule has 21 heavy (non-hydrogen) atoms. The van der Waals surface area contributed by atoms with Crippen LogP contribution in [-0.2, 0) is 4.74 Å². The predicted molar refractivity (Wildman–Crippen MR) is 90.0 cm³/mol. The Bertz CT molecular complexity index is 439. The molecule has 3 heteroatoms. The maximum atomic E-state index is 5.90. The zero-order valence-corrected chi connectivity index (χ0v) is 14.0. The van der Waals surface area contributed by atoms with E-state index in [1.54, 1.807) is 0 Å². The van der Waals surface area contributed by atoms with Gasteiger partial charge >= 0.3 is 0 Å².